The van der Waals surface area contributed by atoms with Gasteiger partial charge in [-0.1, -0.05) is 24.1 Å². The molecule has 0 radical (unpaired) electrons. The number of nitrogens with zero attached hydrogens (tertiary/aromatic N) is 1. The Morgan fingerprint density at radius 2 is 2.11 bits per heavy atom. The van der Waals surface area contributed by atoms with Gasteiger partial charge in [0.1, 0.15) is 0 Å². The number of H-pyrrole nitrogens is 1. The summed E-state index contributed by atoms with van der Waals surface area (Å²) in [7, 11) is 0. The number of fused-ring (bicyclic) bond motifs is 3. The highest BCUT2D eigenvalue weighted by Gasteiger charge is 2.56. The Hall–Kier alpha value is -2.31. The molecule has 2 N–H and O–H groups in total. The maximum atomic E-state index is 13.3. The number of aromatic nitrogens is 1. The van der Waals surface area contributed by atoms with E-state index in [4.69, 9.17) is 11.6 Å². The van der Waals surface area contributed by atoms with Gasteiger partial charge >= 0.3 is 5.97 Å². The van der Waals surface area contributed by atoms with Crippen LogP contribution in [0.3, 0.4) is 0 Å². The number of amides is 1. The van der Waals surface area contributed by atoms with E-state index >= 15 is 0 Å². The zero-order valence-corrected chi connectivity index (χ0v) is 16.6. The van der Waals surface area contributed by atoms with Crippen LogP contribution in [0.4, 0.5) is 0 Å². The molecular formula is C21H19ClN2O3S. The van der Waals surface area contributed by atoms with E-state index in [2.05, 4.69) is 4.98 Å². The Morgan fingerprint density at radius 3 is 2.75 bits per heavy atom. The number of halogens is 1. The van der Waals surface area contributed by atoms with Crippen molar-refractivity contribution in [2.45, 2.75) is 31.7 Å². The second kappa shape index (κ2) is 6.36. The molecule has 1 saturated carbocycles. The van der Waals surface area contributed by atoms with E-state index in [0.29, 0.717) is 35.7 Å². The van der Waals surface area contributed by atoms with Crippen molar-refractivity contribution in [2.24, 2.45) is 5.41 Å². The molecule has 144 valence electrons. The number of thiophene rings is 1. The smallest absolute Gasteiger partial charge is 0.312 e. The molecule has 28 heavy (non-hydrogen) atoms. The molecule has 3 aromatic rings. The first-order chi connectivity index (χ1) is 13.5. The summed E-state index contributed by atoms with van der Waals surface area (Å²) in [6, 6.07) is 8.83. The van der Waals surface area contributed by atoms with Crippen LogP contribution in [0.25, 0.3) is 10.9 Å². The lowest BCUT2D eigenvalue weighted by molar-refractivity contribution is -0.161. The van der Waals surface area contributed by atoms with Gasteiger partial charge in [0, 0.05) is 28.2 Å². The Kier molecular flexibility index (Phi) is 4.03. The maximum absolute atomic E-state index is 13.3. The number of hydrogen-bond acceptors (Lipinski definition) is 3. The van der Waals surface area contributed by atoms with Crippen LogP contribution in [0.5, 0.6) is 0 Å². The Labute approximate surface area is 170 Å². The minimum atomic E-state index is -0.938. The summed E-state index contributed by atoms with van der Waals surface area (Å²) in [4.78, 5) is 31.5. The summed E-state index contributed by atoms with van der Waals surface area (Å²) < 4.78 is 0. The van der Waals surface area contributed by atoms with Gasteiger partial charge < -0.3 is 15.0 Å². The first-order valence-corrected chi connectivity index (χ1v) is 10.6. The molecule has 5 rings (SSSR count). The van der Waals surface area contributed by atoms with E-state index in [0.717, 1.165) is 28.6 Å². The van der Waals surface area contributed by atoms with Gasteiger partial charge in [-0.05, 0) is 54.5 Å². The van der Waals surface area contributed by atoms with Gasteiger partial charge in [0.25, 0.3) is 5.91 Å². The number of carboxylic acids is 1. The monoisotopic (exact) mass is 414 g/mol. The Bertz CT molecular complexity index is 1080. The average molecular weight is 415 g/mol. The zero-order valence-electron chi connectivity index (χ0n) is 15.1. The number of carboxylic acid groups (broad SMARTS) is 1. The second-order valence-corrected chi connectivity index (χ2v) is 9.03. The molecule has 1 aliphatic heterocycles. The van der Waals surface area contributed by atoms with Crippen LogP contribution in [0.1, 0.15) is 46.2 Å². The number of aromatic amines is 1. The molecule has 5 nitrogen and oxygen atoms in total. The molecule has 1 unspecified atom stereocenters. The number of benzene rings is 1. The molecule has 2 aromatic heterocycles. The van der Waals surface area contributed by atoms with Gasteiger partial charge in [0.2, 0.25) is 0 Å². The lowest BCUT2D eigenvalue weighted by Gasteiger charge is -2.50. The summed E-state index contributed by atoms with van der Waals surface area (Å²) in [6.45, 7) is 0.503. The number of carbonyl (C=O) groups excluding carboxylic acids is 1. The van der Waals surface area contributed by atoms with Crippen LogP contribution in [0.2, 0.25) is 5.02 Å². The number of nitrogens with one attached hydrogen (secondary N) is 1. The van der Waals surface area contributed by atoms with Crippen LogP contribution in [-0.4, -0.2) is 33.4 Å². The standard InChI is InChI=1S/C21H19ClN2O3S/c22-12-4-5-15-14(11-12)13-6-9-24(19(25)16-3-1-10-28-16)18(17(13)23-15)21(20(26)27)7-2-8-21/h1,3-5,10-11,18,23H,2,6-9H2,(H,26,27). The van der Waals surface area contributed by atoms with Gasteiger partial charge in [-0.15, -0.1) is 11.3 Å². The minimum Gasteiger partial charge on any atom is -0.481 e. The first kappa shape index (κ1) is 17.8. The molecule has 0 saturated heterocycles. The molecule has 1 aromatic carbocycles. The third kappa shape index (κ3) is 2.44. The zero-order chi connectivity index (χ0) is 19.5. The molecule has 7 heteroatoms. The second-order valence-electron chi connectivity index (χ2n) is 7.65. The summed E-state index contributed by atoms with van der Waals surface area (Å²) >= 11 is 7.60. The van der Waals surface area contributed by atoms with Crippen LogP contribution < -0.4 is 0 Å². The predicted octanol–water partition coefficient (Wildman–Crippen LogP) is 4.88. The van der Waals surface area contributed by atoms with Crippen LogP contribution in [0.15, 0.2) is 35.7 Å². The third-order valence-electron chi connectivity index (χ3n) is 6.28. The van der Waals surface area contributed by atoms with Crippen molar-refractivity contribution in [3.63, 3.8) is 0 Å². The number of rotatable bonds is 3. The fourth-order valence-electron chi connectivity index (χ4n) is 4.76. The number of carbonyl (C=O) groups is 2. The molecule has 1 aliphatic carbocycles. The van der Waals surface area contributed by atoms with Gasteiger partial charge in [0.05, 0.1) is 16.3 Å². The predicted molar refractivity (Wildman–Crippen MR) is 109 cm³/mol. The largest absolute Gasteiger partial charge is 0.481 e. The fourth-order valence-corrected chi connectivity index (χ4v) is 5.61. The maximum Gasteiger partial charge on any atom is 0.312 e. The van der Waals surface area contributed by atoms with Gasteiger partial charge in [-0.3, -0.25) is 9.59 Å². The van der Waals surface area contributed by atoms with Crippen LogP contribution >= 0.6 is 22.9 Å². The molecule has 1 amide bonds. The van der Waals surface area contributed by atoms with Crippen LogP contribution in [0, 0.1) is 5.41 Å². The third-order valence-corrected chi connectivity index (χ3v) is 7.37. The average Bonchev–Trinajstić information content (AvgIpc) is 3.28. The van der Waals surface area contributed by atoms with Gasteiger partial charge in [-0.2, -0.15) is 0 Å². The molecule has 2 aliphatic rings. The summed E-state index contributed by atoms with van der Waals surface area (Å²) in [5, 5.41) is 13.7. The Balaban J connectivity index is 1.70. The Morgan fingerprint density at radius 1 is 1.29 bits per heavy atom. The lowest BCUT2D eigenvalue weighted by Crippen LogP contribution is -2.54. The van der Waals surface area contributed by atoms with E-state index in [1.54, 1.807) is 11.0 Å². The van der Waals surface area contributed by atoms with Crippen molar-refractivity contribution >= 4 is 45.7 Å². The van der Waals surface area contributed by atoms with Gasteiger partial charge in [0.15, 0.2) is 0 Å². The topological polar surface area (TPSA) is 73.4 Å². The van der Waals surface area contributed by atoms with Crippen molar-refractivity contribution in [1.29, 1.82) is 0 Å². The first-order valence-electron chi connectivity index (χ1n) is 9.39. The SMILES string of the molecule is O=C(c1cccs1)N1CCc2c([nH]c3ccc(Cl)cc23)C1C1(C(=O)O)CCC1. The lowest BCUT2D eigenvalue weighted by atomic mass is 9.61. The summed E-state index contributed by atoms with van der Waals surface area (Å²) in [6.07, 6.45) is 2.71. The van der Waals surface area contributed by atoms with Crippen molar-refractivity contribution in [1.82, 2.24) is 9.88 Å². The summed E-state index contributed by atoms with van der Waals surface area (Å²) in [5.41, 5.74) is 1.94. The van der Waals surface area contributed by atoms with Crippen molar-refractivity contribution in [3.05, 3.63) is 56.9 Å². The van der Waals surface area contributed by atoms with E-state index in [9.17, 15) is 14.7 Å². The minimum absolute atomic E-state index is 0.0881. The van der Waals surface area contributed by atoms with Gasteiger partial charge in [-0.25, -0.2) is 0 Å². The summed E-state index contributed by atoms with van der Waals surface area (Å²) in [5.74, 6) is -0.910. The van der Waals surface area contributed by atoms with Crippen molar-refractivity contribution in [2.75, 3.05) is 6.54 Å². The van der Waals surface area contributed by atoms with E-state index in [-0.39, 0.29) is 5.91 Å². The van der Waals surface area contributed by atoms with E-state index < -0.39 is 17.4 Å². The van der Waals surface area contributed by atoms with Crippen molar-refractivity contribution < 1.29 is 14.7 Å². The highest BCUT2D eigenvalue weighted by atomic mass is 35.5. The quantitative estimate of drug-likeness (QED) is 0.641. The highest BCUT2D eigenvalue weighted by molar-refractivity contribution is 7.12. The molecule has 0 spiro atoms. The molecule has 1 fully saturated rings. The van der Waals surface area contributed by atoms with E-state index in [1.165, 1.54) is 11.3 Å². The van der Waals surface area contributed by atoms with Crippen molar-refractivity contribution in [3.8, 4) is 0 Å². The molecule has 1 atom stereocenters. The molecular weight excluding hydrogens is 396 g/mol. The number of hydrogen-bond donors (Lipinski definition) is 2. The van der Waals surface area contributed by atoms with E-state index in [1.807, 2.05) is 29.6 Å². The van der Waals surface area contributed by atoms with Crippen LogP contribution in [-0.2, 0) is 11.2 Å². The fraction of sp³-hybridized carbons (Fsp3) is 0.333. The normalized spacial score (nSPS) is 20.6. The highest BCUT2D eigenvalue weighted by Crippen LogP contribution is 2.55. The number of aliphatic carboxylic acids is 1. The molecule has 3 heterocycles. The molecule has 0 bridgehead atoms.